The van der Waals surface area contributed by atoms with Gasteiger partial charge in [-0.3, -0.25) is 4.90 Å². The molecule has 0 aliphatic carbocycles. The summed E-state index contributed by atoms with van der Waals surface area (Å²) in [7, 11) is 1.73. The van der Waals surface area contributed by atoms with E-state index in [0.717, 1.165) is 25.4 Å². The second-order valence-corrected chi connectivity index (χ2v) is 5.85. The molecule has 2 atom stereocenters. The molecule has 1 aliphatic rings. The number of rotatable bonds is 4. The lowest BCUT2D eigenvalue weighted by Crippen LogP contribution is -2.47. The van der Waals surface area contributed by atoms with Gasteiger partial charge in [0.25, 0.3) is 0 Å². The van der Waals surface area contributed by atoms with Crippen molar-refractivity contribution in [1.29, 1.82) is 0 Å². The van der Waals surface area contributed by atoms with Gasteiger partial charge in [0.05, 0.1) is 7.11 Å². The third-order valence-electron chi connectivity index (χ3n) is 4.68. The lowest BCUT2D eigenvalue weighted by Gasteiger charge is -2.45. The summed E-state index contributed by atoms with van der Waals surface area (Å²) < 4.78 is 5.36. The molecule has 112 valence electrons. The van der Waals surface area contributed by atoms with Gasteiger partial charge in [0.15, 0.2) is 0 Å². The monoisotopic (exact) mass is 339 g/mol. The molecule has 0 spiro atoms. The number of ether oxygens (including phenoxy) is 1. The third kappa shape index (κ3) is 3.44. The Labute approximate surface area is 133 Å². The van der Waals surface area contributed by atoms with E-state index in [1.165, 1.54) is 12.0 Å². The Balaban J connectivity index is 0.00000200. The Morgan fingerprint density at radius 2 is 2.25 bits per heavy atom. The highest BCUT2D eigenvalue weighted by Gasteiger charge is 2.37. The molecule has 2 unspecified atom stereocenters. The molecule has 0 radical (unpaired) electrons. The van der Waals surface area contributed by atoms with E-state index in [2.05, 4.69) is 43.5 Å². The van der Waals surface area contributed by atoms with E-state index >= 15 is 0 Å². The molecule has 2 nitrogen and oxygen atoms in total. The largest absolute Gasteiger partial charge is 0.497 e. The number of benzene rings is 1. The Hall–Kier alpha value is -0.800. The van der Waals surface area contributed by atoms with Gasteiger partial charge in [-0.05, 0) is 42.0 Å². The summed E-state index contributed by atoms with van der Waals surface area (Å²) in [5, 5.41) is 0. The predicted octanol–water partition coefficient (Wildman–Crippen LogP) is 4.06. The number of piperidine rings is 1. The summed E-state index contributed by atoms with van der Waals surface area (Å²) in [5.41, 5.74) is 1.64. The average Bonchev–Trinajstić information content (AvgIpc) is 2.43. The Kier molecular flexibility index (Phi) is 6.28. The van der Waals surface area contributed by atoms with Crippen molar-refractivity contribution in [2.45, 2.75) is 25.7 Å². The van der Waals surface area contributed by atoms with Crippen molar-refractivity contribution in [3.05, 3.63) is 42.5 Å². The van der Waals surface area contributed by atoms with Crippen LogP contribution in [0.25, 0.3) is 0 Å². The highest BCUT2D eigenvalue weighted by molar-refractivity contribution is 8.93. The van der Waals surface area contributed by atoms with Crippen LogP contribution in [0.5, 0.6) is 5.75 Å². The molecule has 0 aromatic heterocycles. The summed E-state index contributed by atoms with van der Waals surface area (Å²) >= 11 is 0. The number of hydrogen-bond donors (Lipinski definition) is 0. The zero-order chi connectivity index (χ0) is 13.9. The fraction of sp³-hybridized carbons (Fsp3) is 0.529. The van der Waals surface area contributed by atoms with E-state index < -0.39 is 0 Å². The molecule has 0 saturated carbocycles. The maximum atomic E-state index is 5.36. The number of nitrogens with zero attached hydrogens (tertiary/aromatic N) is 1. The minimum Gasteiger partial charge on any atom is -0.497 e. The molecule has 0 amide bonds. The Morgan fingerprint density at radius 1 is 1.50 bits per heavy atom. The van der Waals surface area contributed by atoms with E-state index in [1.54, 1.807) is 7.11 Å². The third-order valence-corrected chi connectivity index (χ3v) is 4.68. The van der Waals surface area contributed by atoms with Crippen LogP contribution < -0.4 is 4.74 Å². The van der Waals surface area contributed by atoms with Gasteiger partial charge >= 0.3 is 0 Å². The van der Waals surface area contributed by atoms with E-state index in [9.17, 15) is 0 Å². The fourth-order valence-corrected chi connectivity index (χ4v) is 3.07. The molecule has 2 rings (SSSR count). The normalized spacial score (nSPS) is 26.6. The molecule has 1 aromatic carbocycles. The Bertz CT molecular complexity index is 448. The maximum Gasteiger partial charge on any atom is 0.119 e. The summed E-state index contributed by atoms with van der Waals surface area (Å²) in [6.45, 7) is 11.9. The standard InChI is InChI=1S/C17H25NO.BrH/c1-5-10-18-11-9-17(3,14(2)13-18)15-7-6-8-16(12-15)19-4;/h5-8,12,14H,1,9-11,13H2,2-4H3;1H. The maximum absolute atomic E-state index is 5.36. The minimum atomic E-state index is 0. The highest BCUT2D eigenvalue weighted by atomic mass is 79.9. The van der Waals surface area contributed by atoms with Crippen molar-refractivity contribution in [2.24, 2.45) is 5.92 Å². The van der Waals surface area contributed by atoms with Crippen LogP contribution in [0.4, 0.5) is 0 Å². The first-order chi connectivity index (χ1) is 9.10. The molecule has 1 saturated heterocycles. The van der Waals surface area contributed by atoms with Crippen LogP contribution in [0.3, 0.4) is 0 Å². The highest BCUT2D eigenvalue weighted by Crippen LogP contribution is 2.40. The molecule has 1 aliphatic heterocycles. The summed E-state index contributed by atoms with van der Waals surface area (Å²) in [6.07, 6.45) is 3.19. The first-order valence-corrected chi connectivity index (χ1v) is 7.08. The van der Waals surface area contributed by atoms with Crippen molar-refractivity contribution < 1.29 is 4.74 Å². The molecule has 1 fully saturated rings. The van der Waals surface area contributed by atoms with Gasteiger partial charge in [0, 0.05) is 13.1 Å². The van der Waals surface area contributed by atoms with Crippen molar-refractivity contribution in [1.82, 2.24) is 4.90 Å². The van der Waals surface area contributed by atoms with Crippen LogP contribution in [-0.2, 0) is 5.41 Å². The van der Waals surface area contributed by atoms with Crippen LogP contribution in [0.2, 0.25) is 0 Å². The zero-order valence-corrected chi connectivity index (χ0v) is 14.5. The van der Waals surface area contributed by atoms with E-state index in [4.69, 9.17) is 4.74 Å². The number of likely N-dealkylation sites (tertiary alicyclic amines) is 1. The van der Waals surface area contributed by atoms with Crippen molar-refractivity contribution in [3.63, 3.8) is 0 Å². The van der Waals surface area contributed by atoms with E-state index in [-0.39, 0.29) is 22.4 Å². The SMILES string of the molecule is Br.C=CCN1CCC(C)(c2cccc(OC)c2)C(C)C1. The van der Waals surface area contributed by atoms with Gasteiger partial charge in [-0.2, -0.15) is 0 Å². The number of halogens is 1. The lowest BCUT2D eigenvalue weighted by atomic mass is 9.68. The van der Waals surface area contributed by atoms with Crippen LogP contribution in [0.1, 0.15) is 25.8 Å². The summed E-state index contributed by atoms with van der Waals surface area (Å²) in [5.74, 6) is 1.59. The second kappa shape index (κ2) is 7.28. The van der Waals surface area contributed by atoms with Crippen LogP contribution >= 0.6 is 17.0 Å². The Morgan fingerprint density at radius 3 is 2.85 bits per heavy atom. The molecule has 3 heteroatoms. The smallest absolute Gasteiger partial charge is 0.119 e. The van der Waals surface area contributed by atoms with Gasteiger partial charge in [-0.1, -0.05) is 32.1 Å². The van der Waals surface area contributed by atoms with Gasteiger partial charge in [-0.15, -0.1) is 23.6 Å². The summed E-state index contributed by atoms with van der Waals surface area (Å²) in [4.78, 5) is 2.49. The molecule has 1 aromatic rings. The predicted molar refractivity (Wildman–Crippen MR) is 91.1 cm³/mol. The molecule has 0 bridgehead atoms. The fourth-order valence-electron chi connectivity index (χ4n) is 3.07. The van der Waals surface area contributed by atoms with Gasteiger partial charge in [-0.25, -0.2) is 0 Å². The van der Waals surface area contributed by atoms with Crippen LogP contribution in [-0.4, -0.2) is 31.6 Å². The molecular formula is C17H26BrNO. The number of hydrogen-bond acceptors (Lipinski definition) is 2. The minimum absolute atomic E-state index is 0. The first kappa shape index (κ1) is 17.3. The summed E-state index contributed by atoms with van der Waals surface area (Å²) in [6, 6.07) is 8.55. The lowest BCUT2D eigenvalue weighted by molar-refractivity contribution is 0.121. The topological polar surface area (TPSA) is 12.5 Å². The van der Waals surface area contributed by atoms with Crippen molar-refractivity contribution in [3.8, 4) is 5.75 Å². The average molecular weight is 340 g/mol. The van der Waals surface area contributed by atoms with Gasteiger partial charge in [0.1, 0.15) is 5.75 Å². The van der Waals surface area contributed by atoms with E-state index in [1.807, 2.05) is 12.1 Å². The number of methoxy groups -OCH3 is 1. The van der Waals surface area contributed by atoms with Crippen LogP contribution in [0.15, 0.2) is 36.9 Å². The zero-order valence-electron chi connectivity index (χ0n) is 12.8. The first-order valence-electron chi connectivity index (χ1n) is 7.08. The van der Waals surface area contributed by atoms with Gasteiger partial charge in [0.2, 0.25) is 0 Å². The molecule has 1 heterocycles. The quantitative estimate of drug-likeness (QED) is 0.767. The van der Waals surface area contributed by atoms with Gasteiger partial charge < -0.3 is 4.74 Å². The van der Waals surface area contributed by atoms with Crippen molar-refractivity contribution in [2.75, 3.05) is 26.7 Å². The van der Waals surface area contributed by atoms with Crippen molar-refractivity contribution >= 4 is 17.0 Å². The van der Waals surface area contributed by atoms with E-state index in [0.29, 0.717) is 5.92 Å². The molecule has 20 heavy (non-hydrogen) atoms. The second-order valence-electron chi connectivity index (χ2n) is 5.85. The molecule has 0 N–H and O–H groups in total. The molecular weight excluding hydrogens is 314 g/mol. The van der Waals surface area contributed by atoms with Crippen LogP contribution in [0, 0.1) is 5.92 Å².